The highest BCUT2D eigenvalue weighted by atomic mass is 19.1. The van der Waals surface area contributed by atoms with E-state index >= 15 is 0 Å². The Morgan fingerprint density at radius 1 is 1.21 bits per heavy atom. The first-order valence-corrected chi connectivity index (χ1v) is 11.4. The van der Waals surface area contributed by atoms with E-state index in [4.69, 9.17) is 9.47 Å². The van der Waals surface area contributed by atoms with Crippen molar-refractivity contribution in [3.8, 4) is 11.5 Å². The molecular formula is C28H30FNO4. The van der Waals surface area contributed by atoms with E-state index in [-0.39, 0.29) is 29.6 Å². The number of halogens is 1. The number of benzene rings is 3. The van der Waals surface area contributed by atoms with Crippen molar-refractivity contribution in [1.82, 2.24) is 5.32 Å². The fraction of sp³-hybridized carbons (Fsp3) is 0.321. The quantitative estimate of drug-likeness (QED) is 0.465. The van der Waals surface area contributed by atoms with Gasteiger partial charge in [0.05, 0.1) is 12.7 Å². The molecule has 0 saturated carbocycles. The van der Waals surface area contributed by atoms with Gasteiger partial charge in [-0.15, -0.1) is 0 Å². The summed E-state index contributed by atoms with van der Waals surface area (Å²) >= 11 is 0. The van der Waals surface area contributed by atoms with E-state index in [1.807, 2.05) is 45.0 Å². The Kier molecular flexibility index (Phi) is 6.89. The first-order chi connectivity index (χ1) is 16.3. The molecule has 5 nitrogen and oxygen atoms in total. The van der Waals surface area contributed by atoms with E-state index in [9.17, 15) is 14.3 Å². The second-order valence-electron chi connectivity index (χ2n) is 8.91. The number of methoxy groups -OCH3 is 1. The van der Waals surface area contributed by atoms with Crippen molar-refractivity contribution in [3.05, 3.63) is 93.8 Å². The number of aryl methyl sites for hydroxylation is 1. The lowest BCUT2D eigenvalue weighted by Crippen LogP contribution is -2.37. The van der Waals surface area contributed by atoms with Crippen molar-refractivity contribution in [2.45, 2.75) is 45.3 Å². The highest BCUT2D eigenvalue weighted by Gasteiger charge is 2.30. The number of para-hydroxylation sites is 1. The van der Waals surface area contributed by atoms with Crippen molar-refractivity contribution in [1.29, 1.82) is 0 Å². The summed E-state index contributed by atoms with van der Waals surface area (Å²) in [6.07, 6.45) is 0.602. The van der Waals surface area contributed by atoms with Crippen LogP contribution in [0.1, 0.15) is 63.5 Å². The molecule has 0 saturated heterocycles. The number of fused-ring (bicyclic) bond motifs is 1. The molecule has 3 aromatic carbocycles. The predicted octanol–water partition coefficient (Wildman–Crippen LogP) is 5.78. The van der Waals surface area contributed by atoms with Gasteiger partial charge in [0.15, 0.2) is 11.6 Å². The summed E-state index contributed by atoms with van der Waals surface area (Å²) in [4.78, 5) is 11.8. The van der Waals surface area contributed by atoms with Crippen molar-refractivity contribution < 1.29 is 23.8 Å². The molecule has 1 heterocycles. The molecule has 0 fully saturated rings. The lowest BCUT2D eigenvalue weighted by molar-refractivity contribution is 0.0696. The van der Waals surface area contributed by atoms with Gasteiger partial charge in [0.1, 0.15) is 11.9 Å². The van der Waals surface area contributed by atoms with Crippen LogP contribution in [0.5, 0.6) is 11.5 Å². The average molecular weight is 464 g/mol. The first-order valence-electron chi connectivity index (χ1n) is 11.4. The summed E-state index contributed by atoms with van der Waals surface area (Å²) in [6, 6.07) is 16.7. The van der Waals surface area contributed by atoms with Crippen LogP contribution >= 0.6 is 0 Å². The molecule has 0 aromatic heterocycles. The molecule has 1 aliphatic rings. The maximum atomic E-state index is 13.8. The molecule has 0 aliphatic carbocycles. The van der Waals surface area contributed by atoms with Gasteiger partial charge in [-0.1, -0.05) is 30.3 Å². The van der Waals surface area contributed by atoms with Crippen LogP contribution in [-0.4, -0.2) is 30.8 Å². The summed E-state index contributed by atoms with van der Waals surface area (Å²) < 4.78 is 25.2. The molecule has 3 atom stereocenters. The second-order valence-corrected chi connectivity index (χ2v) is 8.91. The third-order valence-electron chi connectivity index (χ3n) is 6.74. The molecule has 1 aliphatic heterocycles. The summed E-state index contributed by atoms with van der Waals surface area (Å²) in [5, 5.41) is 13.2. The van der Waals surface area contributed by atoms with Crippen LogP contribution in [0.4, 0.5) is 4.39 Å². The second kappa shape index (κ2) is 9.85. The summed E-state index contributed by atoms with van der Waals surface area (Å²) in [7, 11) is 1.45. The van der Waals surface area contributed by atoms with E-state index in [0.29, 0.717) is 18.5 Å². The van der Waals surface area contributed by atoms with E-state index < -0.39 is 5.97 Å². The molecule has 0 spiro atoms. The minimum Gasteiger partial charge on any atom is -0.494 e. The van der Waals surface area contributed by atoms with Gasteiger partial charge in [0.25, 0.3) is 0 Å². The third-order valence-corrected chi connectivity index (χ3v) is 6.74. The molecule has 0 radical (unpaired) electrons. The molecule has 1 unspecified atom stereocenters. The number of carboxylic acid groups (broad SMARTS) is 1. The molecule has 0 bridgehead atoms. The average Bonchev–Trinajstić information content (AvgIpc) is 2.83. The molecule has 4 rings (SSSR count). The molecule has 3 aromatic rings. The van der Waals surface area contributed by atoms with Crippen LogP contribution < -0.4 is 14.8 Å². The first kappa shape index (κ1) is 23.8. The number of hydrogen-bond acceptors (Lipinski definition) is 4. The van der Waals surface area contributed by atoms with Gasteiger partial charge in [-0.05, 0) is 73.7 Å². The van der Waals surface area contributed by atoms with Crippen molar-refractivity contribution in [2.24, 2.45) is 0 Å². The van der Waals surface area contributed by atoms with E-state index in [1.54, 1.807) is 18.2 Å². The van der Waals surface area contributed by atoms with Gasteiger partial charge in [0.2, 0.25) is 0 Å². The smallest absolute Gasteiger partial charge is 0.335 e. The van der Waals surface area contributed by atoms with Gasteiger partial charge in [-0.2, -0.15) is 0 Å². The van der Waals surface area contributed by atoms with Crippen LogP contribution in [0.3, 0.4) is 0 Å². The van der Waals surface area contributed by atoms with Crippen molar-refractivity contribution >= 4 is 5.97 Å². The Morgan fingerprint density at radius 3 is 2.71 bits per heavy atom. The van der Waals surface area contributed by atoms with Crippen LogP contribution in [0, 0.1) is 19.7 Å². The summed E-state index contributed by atoms with van der Waals surface area (Å²) in [6.45, 7) is 6.40. The Bertz CT molecular complexity index is 1210. The topological polar surface area (TPSA) is 67.8 Å². The standard InChI is InChI=1S/C28H30FNO4/c1-16-11-20(12-23(17(16)2)28(31)32)24-14-21(34-26-8-6-5-7-22(24)26)15-30-18(3)19-9-10-25(29)27(13-19)33-4/h5-13,18,21,24,30H,14-15H2,1-4H3,(H,31,32)/t18-,21-,24?/m1/s1. The number of carbonyl (C=O) groups is 1. The number of ether oxygens (including phenoxy) is 2. The summed E-state index contributed by atoms with van der Waals surface area (Å²) in [5.74, 6) is -0.239. The molecule has 178 valence electrons. The van der Waals surface area contributed by atoms with Crippen LogP contribution in [0.15, 0.2) is 54.6 Å². The van der Waals surface area contributed by atoms with Gasteiger partial charge < -0.3 is 19.9 Å². The molecular weight excluding hydrogens is 433 g/mol. The maximum absolute atomic E-state index is 13.8. The molecule has 6 heteroatoms. The Balaban J connectivity index is 1.57. The van der Waals surface area contributed by atoms with Gasteiger partial charge >= 0.3 is 5.97 Å². The molecule has 0 amide bonds. The van der Waals surface area contributed by atoms with Crippen molar-refractivity contribution in [2.75, 3.05) is 13.7 Å². The van der Waals surface area contributed by atoms with Crippen LogP contribution in [0.2, 0.25) is 0 Å². The minimum absolute atomic E-state index is 0.0235. The fourth-order valence-corrected chi connectivity index (χ4v) is 4.62. The monoisotopic (exact) mass is 463 g/mol. The van der Waals surface area contributed by atoms with Gasteiger partial charge in [-0.25, -0.2) is 9.18 Å². The van der Waals surface area contributed by atoms with Gasteiger partial charge in [-0.3, -0.25) is 0 Å². The zero-order chi connectivity index (χ0) is 24.4. The number of aromatic carboxylic acids is 1. The number of hydrogen-bond donors (Lipinski definition) is 2. The minimum atomic E-state index is -0.912. The van der Waals surface area contributed by atoms with Crippen LogP contribution in [0.25, 0.3) is 0 Å². The zero-order valence-corrected chi connectivity index (χ0v) is 19.9. The number of nitrogens with one attached hydrogen (secondary N) is 1. The zero-order valence-electron chi connectivity index (χ0n) is 19.9. The third kappa shape index (κ3) is 4.77. The summed E-state index contributed by atoms with van der Waals surface area (Å²) in [5.41, 5.74) is 5.07. The van der Waals surface area contributed by atoms with Gasteiger partial charge in [0, 0.05) is 24.1 Å². The Morgan fingerprint density at radius 2 is 1.97 bits per heavy atom. The molecule has 2 N–H and O–H groups in total. The fourth-order valence-electron chi connectivity index (χ4n) is 4.62. The number of carboxylic acids is 1. The SMILES string of the molecule is COc1cc([C@@H](C)NC[C@H]2CC(c3cc(C)c(C)c(C(=O)O)c3)c3ccccc3O2)ccc1F. The Labute approximate surface area is 199 Å². The van der Waals surface area contributed by atoms with E-state index in [1.165, 1.54) is 13.2 Å². The van der Waals surface area contributed by atoms with E-state index in [0.717, 1.165) is 33.6 Å². The van der Waals surface area contributed by atoms with E-state index in [2.05, 4.69) is 11.4 Å². The largest absolute Gasteiger partial charge is 0.494 e. The molecule has 34 heavy (non-hydrogen) atoms. The normalized spacial score (nSPS) is 18.0. The maximum Gasteiger partial charge on any atom is 0.335 e. The lowest BCUT2D eigenvalue weighted by Gasteiger charge is -2.34. The predicted molar refractivity (Wildman–Crippen MR) is 130 cm³/mol. The highest BCUT2D eigenvalue weighted by molar-refractivity contribution is 5.90. The van der Waals surface area contributed by atoms with Crippen LogP contribution in [-0.2, 0) is 0 Å². The lowest BCUT2D eigenvalue weighted by atomic mass is 9.82. The Hall–Kier alpha value is -3.38. The number of rotatable bonds is 7. The van der Waals surface area contributed by atoms with Crippen molar-refractivity contribution in [3.63, 3.8) is 0 Å². The highest BCUT2D eigenvalue weighted by Crippen LogP contribution is 2.41.